The zero-order valence-electron chi connectivity index (χ0n) is 11.3. The molecule has 1 amide bonds. The van der Waals surface area contributed by atoms with Crippen molar-refractivity contribution in [3.05, 3.63) is 41.0 Å². The van der Waals surface area contributed by atoms with Crippen LogP contribution in [0.1, 0.15) is 10.4 Å². The maximum absolute atomic E-state index is 12.2. The monoisotopic (exact) mass is 327 g/mol. The van der Waals surface area contributed by atoms with Gasteiger partial charge in [-0.3, -0.25) is 9.78 Å². The van der Waals surface area contributed by atoms with Crippen LogP contribution in [-0.2, 0) is 10.0 Å². The van der Waals surface area contributed by atoms with Gasteiger partial charge in [0.25, 0.3) is 5.91 Å². The van der Waals surface area contributed by atoms with Crippen LogP contribution in [0, 0.1) is 0 Å². The number of hydrogen-bond acceptors (Lipinski definition) is 4. The predicted octanol–water partition coefficient (Wildman–Crippen LogP) is 1.17. The summed E-state index contributed by atoms with van der Waals surface area (Å²) in [5.41, 5.74) is 0.944. The maximum Gasteiger partial charge on any atom is 0.253 e. The van der Waals surface area contributed by atoms with Gasteiger partial charge in [0.05, 0.1) is 21.9 Å². The van der Waals surface area contributed by atoms with Crippen LogP contribution in [0.15, 0.2) is 30.5 Å². The average molecular weight is 328 g/mol. The number of amides is 1. The fourth-order valence-corrected chi connectivity index (χ4v) is 2.67. The highest BCUT2D eigenvalue weighted by Crippen LogP contribution is 2.24. The number of benzene rings is 1. The van der Waals surface area contributed by atoms with Gasteiger partial charge in [-0.25, -0.2) is 13.1 Å². The highest BCUT2D eigenvalue weighted by molar-refractivity contribution is 7.89. The number of halogens is 1. The summed E-state index contributed by atoms with van der Waals surface area (Å²) in [6.45, 7) is -0.00497. The molecule has 112 valence electrons. The SMILES string of the molecule is CNS(=O)(=O)CCNC(=O)c1c(Cl)ccc2ncccc12. The largest absolute Gasteiger partial charge is 0.351 e. The third kappa shape index (κ3) is 3.69. The number of aromatic nitrogens is 1. The Labute approximate surface area is 127 Å². The fraction of sp³-hybridized carbons (Fsp3) is 0.231. The van der Waals surface area contributed by atoms with Crippen LogP contribution in [0.25, 0.3) is 10.9 Å². The second-order valence-electron chi connectivity index (χ2n) is 4.27. The molecule has 1 aromatic heterocycles. The first kappa shape index (κ1) is 15.7. The lowest BCUT2D eigenvalue weighted by atomic mass is 10.1. The second-order valence-corrected chi connectivity index (χ2v) is 6.72. The molecular weight excluding hydrogens is 314 g/mol. The lowest BCUT2D eigenvalue weighted by molar-refractivity contribution is 0.0958. The van der Waals surface area contributed by atoms with Crippen LogP contribution in [0.5, 0.6) is 0 Å². The van der Waals surface area contributed by atoms with Crippen LogP contribution in [0.3, 0.4) is 0 Å². The van der Waals surface area contributed by atoms with Crippen molar-refractivity contribution in [2.24, 2.45) is 0 Å². The molecule has 1 aromatic carbocycles. The van der Waals surface area contributed by atoms with E-state index in [9.17, 15) is 13.2 Å². The van der Waals surface area contributed by atoms with Crippen molar-refractivity contribution in [3.8, 4) is 0 Å². The number of fused-ring (bicyclic) bond motifs is 1. The molecule has 0 saturated heterocycles. The van der Waals surface area contributed by atoms with Gasteiger partial charge in [0.15, 0.2) is 0 Å². The highest BCUT2D eigenvalue weighted by atomic mass is 35.5. The summed E-state index contributed by atoms with van der Waals surface area (Å²) in [7, 11) is -2.04. The number of carbonyl (C=O) groups is 1. The van der Waals surface area contributed by atoms with Crippen molar-refractivity contribution in [1.82, 2.24) is 15.0 Å². The summed E-state index contributed by atoms with van der Waals surface area (Å²) in [6.07, 6.45) is 1.62. The third-order valence-corrected chi connectivity index (χ3v) is 4.61. The number of nitrogens with zero attached hydrogens (tertiary/aromatic N) is 1. The minimum Gasteiger partial charge on any atom is -0.351 e. The van der Waals surface area contributed by atoms with Gasteiger partial charge >= 0.3 is 0 Å². The molecule has 0 saturated carbocycles. The number of rotatable bonds is 5. The quantitative estimate of drug-likeness (QED) is 0.862. The Bertz CT molecular complexity index is 777. The smallest absolute Gasteiger partial charge is 0.253 e. The molecule has 0 aliphatic carbocycles. The van der Waals surface area contributed by atoms with Gasteiger partial charge < -0.3 is 5.32 Å². The summed E-state index contributed by atoms with van der Waals surface area (Å²) in [6, 6.07) is 6.77. The Morgan fingerprint density at radius 2 is 2.10 bits per heavy atom. The van der Waals surface area contributed by atoms with Gasteiger partial charge in [-0.2, -0.15) is 0 Å². The van der Waals surface area contributed by atoms with Crippen molar-refractivity contribution in [3.63, 3.8) is 0 Å². The van der Waals surface area contributed by atoms with Gasteiger partial charge in [-0.15, -0.1) is 0 Å². The Balaban J connectivity index is 2.22. The van der Waals surface area contributed by atoms with E-state index in [2.05, 4.69) is 15.0 Å². The van der Waals surface area contributed by atoms with Crippen molar-refractivity contribution in [2.75, 3.05) is 19.3 Å². The summed E-state index contributed by atoms with van der Waals surface area (Å²) in [5, 5.41) is 3.47. The molecular formula is C13H14ClN3O3S. The lowest BCUT2D eigenvalue weighted by Gasteiger charge is -2.09. The van der Waals surface area contributed by atoms with Crippen LogP contribution in [-0.4, -0.2) is 38.7 Å². The fourth-order valence-electron chi connectivity index (χ4n) is 1.85. The van der Waals surface area contributed by atoms with Crippen molar-refractivity contribution < 1.29 is 13.2 Å². The lowest BCUT2D eigenvalue weighted by Crippen LogP contribution is -2.33. The maximum atomic E-state index is 12.2. The number of nitrogens with one attached hydrogen (secondary N) is 2. The van der Waals surface area contributed by atoms with E-state index in [1.54, 1.807) is 30.5 Å². The van der Waals surface area contributed by atoms with Gasteiger partial charge in [0.2, 0.25) is 10.0 Å². The van der Waals surface area contributed by atoms with Gasteiger partial charge in [-0.05, 0) is 25.2 Å². The van der Waals surface area contributed by atoms with Gasteiger partial charge in [0, 0.05) is 18.1 Å². The van der Waals surface area contributed by atoms with Gasteiger partial charge in [0.1, 0.15) is 0 Å². The molecule has 1 heterocycles. The summed E-state index contributed by atoms with van der Waals surface area (Å²) < 4.78 is 24.8. The third-order valence-electron chi connectivity index (χ3n) is 2.93. The Morgan fingerprint density at radius 1 is 1.33 bits per heavy atom. The molecule has 21 heavy (non-hydrogen) atoms. The average Bonchev–Trinajstić information content (AvgIpc) is 2.46. The standard InChI is InChI=1S/C13H14ClN3O3S/c1-15-21(19,20)8-7-17-13(18)12-9-3-2-6-16-11(9)5-4-10(12)14/h2-6,15H,7-8H2,1H3,(H,17,18). The van der Waals surface area contributed by atoms with Crippen LogP contribution < -0.4 is 10.0 Å². The summed E-state index contributed by atoms with van der Waals surface area (Å²) in [5.74, 6) is -0.625. The molecule has 2 N–H and O–H groups in total. The van der Waals surface area contributed by atoms with Crippen LogP contribution in [0.4, 0.5) is 0 Å². The molecule has 0 radical (unpaired) electrons. The molecule has 6 nitrogen and oxygen atoms in total. The predicted molar refractivity (Wildman–Crippen MR) is 81.9 cm³/mol. The normalized spacial score (nSPS) is 11.5. The van der Waals surface area contributed by atoms with Crippen molar-refractivity contribution in [1.29, 1.82) is 0 Å². The zero-order chi connectivity index (χ0) is 15.5. The minimum absolute atomic E-state index is 0.00497. The number of carbonyl (C=O) groups excluding carboxylic acids is 1. The number of pyridine rings is 1. The van der Waals surface area contributed by atoms with E-state index in [1.807, 2.05) is 0 Å². The first-order chi connectivity index (χ1) is 9.94. The van der Waals surface area contributed by atoms with E-state index in [1.165, 1.54) is 7.05 Å². The molecule has 2 rings (SSSR count). The molecule has 8 heteroatoms. The van der Waals surface area contributed by atoms with E-state index in [0.717, 1.165) is 0 Å². The minimum atomic E-state index is -3.36. The molecule has 2 aromatic rings. The molecule has 0 spiro atoms. The van der Waals surface area contributed by atoms with Crippen LogP contribution in [0.2, 0.25) is 5.02 Å². The number of sulfonamides is 1. The molecule has 0 bridgehead atoms. The second kappa shape index (κ2) is 6.38. The Morgan fingerprint density at radius 3 is 2.81 bits per heavy atom. The highest BCUT2D eigenvalue weighted by Gasteiger charge is 2.15. The first-order valence-electron chi connectivity index (χ1n) is 6.17. The summed E-state index contributed by atoms with van der Waals surface area (Å²) in [4.78, 5) is 16.4. The molecule has 0 aliphatic heterocycles. The molecule has 0 aliphatic rings. The van der Waals surface area contributed by atoms with E-state index in [0.29, 0.717) is 21.5 Å². The van der Waals surface area contributed by atoms with Crippen molar-refractivity contribution in [2.45, 2.75) is 0 Å². The van der Waals surface area contributed by atoms with Gasteiger partial charge in [-0.1, -0.05) is 17.7 Å². The van der Waals surface area contributed by atoms with E-state index < -0.39 is 15.9 Å². The molecule has 0 unspecified atom stereocenters. The summed E-state index contributed by atoms with van der Waals surface area (Å²) >= 11 is 6.07. The molecule has 0 atom stereocenters. The first-order valence-corrected chi connectivity index (χ1v) is 8.20. The topological polar surface area (TPSA) is 88.2 Å². The van der Waals surface area contributed by atoms with E-state index in [4.69, 9.17) is 11.6 Å². The molecule has 0 fully saturated rings. The zero-order valence-corrected chi connectivity index (χ0v) is 12.8. The van der Waals surface area contributed by atoms with E-state index in [-0.39, 0.29) is 12.3 Å². The Hall–Kier alpha value is -1.70. The van der Waals surface area contributed by atoms with Crippen molar-refractivity contribution >= 4 is 38.4 Å². The number of hydrogen-bond donors (Lipinski definition) is 2. The van der Waals surface area contributed by atoms with E-state index >= 15 is 0 Å². The van der Waals surface area contributed by atoms with Crippen LogP contribution >= 0.6 is 11.6 Å². The Kier molecular flexibility index (Phi) is 4.76.